The van der Waals surface area contributed by atoms with E-state index in [4.69, 9.17) is 0 Å². The molecule has 0 bridgehead atoms. The Morgan fingerprint density at radius 3 is 2.27 bits per heavy atom. The minimum absolute atomic E-state index is 0.0923. The molecule has 0 spiro atoms. The second-order valence-corrected chi connectivity index (χ2v) is 4.72. The number of hydrogen-bond donors (Lipinski definition) is 2. The predicted octanol–water partition coefficient (Wildman–Crippen LogP) is 1.93. The first-order valence-corrected chi connectivity index (χ1v) is 6.01. The lowest BCUT2D eigenvalue weighted by molar-refractivity contribution is -0.123. The molecule has 2 N–H and O–H groups in total. The van der Waals surface area contributed by atoms with Crippen LogP contribution in [-0.4, -0.2) is 24.5 Å². The summed E-state index contributed by atoms with van der Waals surface area (Å²) in [6.07, 6.45) is 2.26. The van der Waals surface area contributed by atoms with Crippen molar-refractivity contribution < 1.29 is 4.79 Å². The number of amides is 1. The molecule has 3 nitrogen and oxygen atoms in total. The van der Waals surface area contributed by atoms with Crippen LogP contribution < -0.4 is 10.6 Å². The Morgan fingerprint density at radius 2 is 1.80 bits per heavy atom. The normalized spacial score (nSPS) is 15.1. The van der Waals surface area contributed by atoms with E-state index in [0.717, 1.165) is 19.4 Å². The van der Waals surface area contributed by atoms with Gasteiger partial charge in [0.15, 0.2) is 0 Å². The van der Waals surface area contributed by atoms with Crippen molar-refractivity contribution in [3.05, 3.63) is 0 Å². The van der Waals surface area contributed by atoms with Crippen LogP contribution in [0.1, 0.15) is 47.5 Å². The van der Waals surface area contributed by atoms with Crippen molar-refractivity contribution in [3.63, 3.8) is 0 Å². The Hall–Kier alpha value is -0.570. The largest absolute Gasteiger partial charge is 0.354 e. The van der Waals surface area contributed by atoms with Crippen LogP contribution in [0.5, 0.6) is 0 Å². The van der Waals surface area contributed by atoms with Crippen LogP contribution in [0.2, 0.25) is 0 Å². The lowest BCUT2D eigenvalue weighted by Gasteiger charge is -2.19. The summed E-state index contributed by atoms with van der Waals surface area (Å²) >= 11 is 0. The molecule has 0 saturated carbocycles. The van der Waals surface area contributed by atoms with E-state index in [1.54, 1.807) is 0 Å². The Balaban J connectivity index is 3.78. The van der Waals surface area contributed by atoms with E-state index in [2.05, 4.69) is 38.3 Å². The summed E-state index contributed by atoms with van der Waals surface area (Å²) in [7, 11) is 0. The van der Waals surface area contributed by atoms with E-state index in [0.29, 0.717) is 12.0 Å². The third kappa shape index (κ3) is 7.37. The van der Waals surface area contributed by atoms with Gasteiger partial charge in [0.2, 0.25) is 5.91 Å². The van der Waals surface area contributed by atoms with Gasteiger partial charge < -0.3 is 10.6 Å². The van der Waals surface area contributed by atoms with Crippen LogP contribution in [0.3, 0.4) is 0 Å². The first kappa shape index (κ1) is 14.4. The molecule has 0 aromatic carbocycles. The molecule has 2 atom stereocenters. The molecular formula is C12H26N2O. The molecule has 2 unspecified atom stereocenters. The van der Waals surface area contributed by atoms with Gasteiger partial charge in [-0.2, -0.15) is 0 Å². The van der Waals surface area contributed by atoms with Crippen molar-refractivity contribution in [2.24, 2.45) is 5.92 Å². The Kier molecular flexibility index (Phi) is 7.39. The van der Waals surface area contributed by atoms with E-state index in [9.17, 15) is 4.79 Å². The lowest BCUT2D eigenvalue weighted by Crippen LogP contribution is -2.46. The second kappa shape index (κ2) is 7.69. The highest BCUT2D eigenvalue weighted by atomic mass is 16.2. The molecule has 0 aromatic heterocycles. The number of carbonyl (C=O) groups excluding carboxylic acids is 1. The van der Waals surface area contributed by atoms with Gasteiger partial charge >= 0.3 is 0 Å². The summed E-state index contributed by atoms with van der Waals surface area (Å²) in [6.45, 7) is 11.1. The zero-order valence-corrected chi connectivity index (χ0v) is 10.8. The van der Waals surface area contributed by atoms with Gasteiger partial charge in [-0.05, 0) is 26.2 Å². The molecule has 0 aromatic rings. The monoisotopic (exact) mass is 214 g/mol. The maximum atomic E-state index is 11.6. The van der Waals surface area contributed by atoms with Gasteiger partial charge in [-0.1, -0.05) is 27.2 Å². The molecule has 0 radical (unpaired) electrons. The number of hydrogen-bond acceptors (Lipinski definition) is 2. The average molecular weight is 214 g/mol. The van der Waals surface area contributed by atoms with Gasteiger partial charge in [0.05, 0.1) is 6.04 Å². The van der Waals surface area contributed by atoms with Crippen LogP contribution in [0.25, 0.3) is 0 Å². The SMILES string of the molecule is CCCC(C)NC(C)C(=O)NCC(C)C. The van der Waals surface area contributed by atoms with Crippen molar-refractivity contribution in [2.45, 2.75) is 59.5 Å². The molecule has 0 aliphatic heterocycles. The smallest absolute Gasteiger partial charge is 0.236 e. The van der Waals surface area contributed by atoms with Crippen LogP contribution in [0.4, 0.5) is 0 Å². The Bertz CT molecular complexity index is 180. The van der Waals surface area contributed by atoms with Crippen molar-refractivity contribution in [2.75, 3.05) is 6.54 Å². The zero-order valence-electron chi connectivity index (χ0n) is 10.8. The van der Waals surface area contributed by atoms with Gasteiger partial charge in [-0.15, -0.1) is 0 Å². The van der Waals surface area contributed by atoms with Gasteiger partial charge in [-0.25, -0.2) is 0 Å². The van der Waals surface area contributed by atoms with E-state index < -0.39 is 0 Å². The standard InChI is InChI=1S/C12H26N2O/c1-6-7-10(4)14-11(5)12(15)13-8-9(2)3/h9-11,14H,6-8H2,1-5H3,(H,13,15). The summed E-state index contributed by atoms with van der Waals surface area (Å²) in [5.41, 5.74) is 0. The van der Waals surface area contributed by atoms with Crippen molar-refractivity contribution in [3.8, 4) is 0 Å². The number of carbonyl (C=O) groups is 1. The molecule has 0 aliphatic carbocycles. The third-order valence-electron chi connectivity index (χ3n) is 2.33. The fourth-order valence-electron chi connectivity index (χ4n) is 1.48. The number of nitrogens with one attached hydrogen (secondary N) is 2. The molecule has 15 heavy (non-hydrogen) atoms. The molecule has 0 aliphatic rings. The van der Waals surface area contributed by atoms with Gasteiger partial charge in [0.25, 0.3) is 0 Å². The average Bonchev–Trinajstić information content (AvgIpc) is 2.14. The molecule has 1 amide bonds. The lowest BCUT2D eigenvalue weighted by atomic mass is 10.1. The summed E-state index contributed by atoms with van der Waals surface area (Å²) in [4.78, 5) is 11.6. The fraction of sp³-hybridized carbons (Fsp3) is 0.917. The summed E-state index contributed by atoms with van der Waals surface area (Å²) in [5, 5.41) is 6.22. The van der Waals surface area contributed by atoms with Gasteiger partial charge in [-0.3, -0.25) is 4.79 Å². The first-order valence-electron chi connectivity index (χ1n) is 6.01. The summed E-state index contributed by atoms with van der Waals surface area (Å²) in [5.74, 6) is 0.612. The zero-order chi connectivity index (χ0) is 11.8. The van der Waals surface area contributed by atoms with Crippen LogP contribution >= 0.6 is 0 Å². The Morgan fingerprint density at radius 1 is 1.20 bits per heavy atom. The van der Waals surface area contributed by atoms with Crippen LogP contribution in [-0.2, 0) is 4.79 Å². The minimum Gasteiger partial charge on any atom is -0.354 e. The van der Waals surface area contributed by atoms with Crippen molar-refractivity contribution >= 4 is 5.91 Å². The molecule has 90 valence electrons. The van der Waals surface area contributed by atoms with Gasteiger partial charge in [0, 0.05) is 12.6 Å². The van der Waals surface area contributed by atoms with Crippen molar-refractivity contribution in [1.29, 1.82) is 0 Å². The Labute approximate surface area is 94.0 Å². The third-order valence-corrected chi connectivity index (χ3v) is 2.33. The molecule has 3 heteroatoms. The summed E-state index contributed by atoms with van der Waals surface area (Å²) < 4.78 is 0. The van der Waals surface area contributed by atoms with Crippen LogP contribution in [0.15, 0.2) is 0 Å². The van der Waals surface area contributed by atoms with Gasteiger partial charge in [0.1, 0.15) is 0 Å². The second-order valence-electron chi connectivity index (χ2n) is 4.72. The maximum Gasteiger partial charge on any atom is 0.236 e. The number of rotatable bonds is 7. The fourth-order valence-corrected chi connectivity index (χ4v) is 1.48. The molecule has 0 rings (SSSR count). The molecule has 0 fully saturated rings. The summed E-state index contributed by atoms with van der Waals surface area (Å²) in [6, 6.07) is 0.320. The quantitative estimate of drug-likeness (QED) is 0.680. The highest BCUT2D eigenvalue weighted by Gasteiger charge is 2.14. The first-order chi connectivity index (χ1) is 6.97. The van der Waals surface area contributed by atoms with E-state index >= 15 is 0 Å². The van der Waals surface area contributed by atoms with Crippen LogP contribution in [0, 0.1) is 5.92 Å². The molecular weight excluding hydrogens is 188 g/mol. The van der Waals surface area contributed by atoms with E-state index in [1.165, 1.54) is 0 Å². The van der Waals surface area contributed by atoms with E-state index in [1.807, 2.05) is 6.92 Å². The molecule has 0 saturated heterocycles. The predicted molar refractivity (Wildman–Crippen MR) is 64.8 cm³/mol. The topological polar surface area (TPSA) is 41.1 Å². The molecule has 0 heterocycles. The van der Waals surface area contributed by atoms with E-state index in [-0.39, 0.29) is 11.9 Å². The highest BCUT2D eigenvalue weighted by Crippen LogP contribution is 1.97. The maximum absolute atomic E-state index is 11.6. The van der Waals surface area contributed by atoms with Crippen molar-refractivity contribution in [1.82, 2.24) is 10.6 Å². The highest BCUT2D eigenvalue weighted by molar-refractivity contribution is 5.81. The minimum atomic E-state index is -0.0923.